The molecule has 0 aliphatic carbocycles. The summed E-state index contributed by atoms with van der Waals surface area (Å²) in [7, 11) is 0. The number of hydrogen-bond acceptors (Lipinski definition) is 5. The predicted molar refractivity (Wildman–Crippen MR) is 52.5 cm³/mol. The van der Waals surface area contributed by atoms with Crippen LogP contribution in [-0.2, 0) is 0 Å². The number of hydrogen-bond donors (Lipinski definition) is 2. The number of rotatable bonds is 1. The van der Waals surface area contributed by atoms with Gasteiger partial charge in [0.15, 0.2) is 11.7 Å². The van der Waals surface area contributed by atoms with Crippen LogP contribution in [0.5, 0.6) is 0 Å². The molecule has 0 radical (unpaired) electrons. The van der Waals surface area contributed by atoms with E-state index in [0.29, 0.717) is 22.2 Å². The van der Waals surface area contributed by atoms with Gasteiger partial charge in [-0.2, -0.15) is 0 Å². The van der Waals surface area contributed by atoms with E-state index in [1.807, 2.05) is 6.92 Å². The summed E-state index contributed by atoms with van der Waals surface area (Å²) in [4.78, 5) is 4.11. The minimum absolute atomic E-state index is 0.341. The second-order valence-electron chi connectivity index (χ2n) is 2.87. The van der Waals surface area contributed by atoms with E-state index in [2.05, 4.69) is 15.2 Å². The number of aromatic nitrogens is 4. The van der Waals surface area contributed by atoms with Crippen LogP contribution in [0, 0.1) is 18.6 Å². The lowest BCUT2D eigenvalue weighted by Crippen LogP contribution is -2.09. The molecule has 2 heterocycles. The van der Waals surface area contributed by atoms with Crippen molar-refractivity contribution in [1.82, 2.24) is 19.9 Å². The van der Waals surface area contributed by atoms with Crippen molar-refractivity contribution in [3.63, 3.8) is 0 Å². The summed E-state index contributed by atoms with van der Waals surface area (Å²) in [5.41, 5.74) is 0.739. The number of nitrogens with one attached hydrogen (secondary N) is 1. The lowest BCUT2D eigenvalue weighted by atomic mass is 10.3. The third-order valence-electron chi connectivity index (χ3n) is 1.81. The largest absolute Gasteiger partial charge is 0.437 e. The molecule has 0 aliphatic rings. The van der Waals surface area contributed by atoms with Gasteiger partial charge in [-0.25, -0.2) is 14.8 Å². The molecule has 0 aromatic carbocycles. The minimum Gasteiger partial charge on any atom is -0.437 e. The fourth-order valence-electron chi connectivity index (χ4n) is 1.20. The van der Waals surface area contributed by atoms with Crippen molar-refractivity contribution in [3.8, 4) is 11.6 Å². The molecule has 7 heteroatoms. The lowest BCUT2D eigenvalue weighted by Gasteiger charge is -1.95. The van der Waals surface area contributed by atoms with E-state index in [-0.39, 0.29) is 0 Å². The maximum absolute atomic E-state index is 5.64. The standard InChI is InChI=1S/C7H9N5OS/c1-3-5(13-4(2)9-3)6-10-11-7(14)12(6)8/h8H2,1-2H3,(H,11,14). The first-order valence-electron chi connectivity index (χ1n) is 3.96. The Morgan fingerprint density at radius 1 is 1.50 bits per heavy atom. The van der Waals surface area contributed by atoms with Crippen LogP contribution >= 0.6 is 12.2 Å². The summed E-state index contributed by atoms with van der Waals surface area (Å²) in [5, 5.41) is 6.52. The maximum atomic E-state index is 5.64. The van der Waals surface area contributed by atoms with E-state index in [1.165, 1.54) is 4.68 Å². The van der Waals surface area contributed by atoms with Crippen molar-refractivity contribution >= 4 is 12.2 Å². The SMILES string of the molecule is Cc1nc(C)c(-c2n[nH]c(=S)n2N)o1. The maximum Gasteiger partial charge on any atom is 0.218 e. The highest BCUT2D eigenvalue weighted by molar-refractivity contribution is 7.71. The van der Waals surface area contributed by atoms with Crippen LogP contribution in [-0.4, -0.2) is 19.9 Å². The van der Waals surface area contributed by atoms with Crippen molar-refractivity contribution in [2.75, 3.05) is 5.84 Å². The Morgan fingerprint density at radius 3 is 2.64 bits per heavy atom. The zero-order valence-corrected chi connectivity index (χ0v) is 8.55. The number of nitrogens with two attached hydrogens (primary N) is 1. The Kier molecular flexibility index (Phi) is 1.88. The predicted octanol–water partition coefficient (Wildman–Crippen LogP) is 0.926. The smallest absolute Gasteiger partial charge is 0.218 e. The monoisotopic (exact) mass is 211 g/mol. The first-order chi connectivity index (χ1) is 6.59. The number of oxazole rings is 1. The topological polar surface area (TPSA) is 85.7 Å². The van der Waals surface area contributed by atoms with Crippen LogP contribution in [0.4, 0.5) is 0 Å². The Labute approximate surface area is 84.7 Å². The number of H-pyrrole nitrogens is 1. The van der Waals surface area contributed by atoms with Gasteiger partial charge in [0.25, 0.3) is 0 Å². The molecule has 0 fully saturated rings. The van der Waals surface area contributed by atoms with Crippen LogP contribution in [0.3, 0.4) is 0 Å². The van der Waals surface area contributed by atoms with Crippen LogP contribution in [0.1, 0.15) is 11.6 Å². The van der Waals surface area contributed by atoms with E-state index < -0.39 is 0 Å². The average molecular weight is 211 g/mol. The molecule has 0 spiro atoms. The Morgan fingerprint density at radius 2 is 2.21 bits per heavy atom. The summed E-state index contributed by atoms with van der Waals surface area (Å²) in [5.74, 6) is 7.21. The van der Waals surface area contributed by atoms with Gasteiger partial charge in [-0.15, -0.1) is 5.10 Å². The van der Waals surface area contributed by atoms with Gasteiger partial charge in [0.2, 0.25) is 10.6 Å². The van der Waals surface area contributed by atoms with Crippen molar-refractivity contribution in [1.29, 1.82) is 0 Å². The molecule has 6 nitrogen and oxygen atoms in total. The van der Waals surface area contributed by atoms with E-state index in [9.17, 15) is 0 Å². The number of nitrogen functional groups attached to an aromatic ring is 1. The van der Waals surface area contributed by atoms with Crippen molar-refractivity contribution in [2.24, 2.45) is 0 Å². The molecule has 2 aromatic heterocycles. The second-order valence-corrected chi connectivity index (χ2v) is 3.26. The average Bonchev–Trinajstić information content (AvgIpc) is 2.59. The second kappa shape index (κ2) is 2.95. The number of aromatic amines is 1. The highest BCUT2D eigenvalue weighted by atomic mass is 32.1. The van der Waals surface area contributed by atoms with Gasteiger partial charge in [-0.05, 0) is 19.1 Å². The molecule has 0 bridgehead atoms. The van der Waals surface area contributed by atoms with Gasteiger partial charge in [-0.1, -0.05) is 0 Å². The normalized spacial score (nSPS) is 10.7. The lowest BCUT2D eigenvalue weighted by molar-refractivity contribution is 0.528. The minimum atomic E-state index is 0.341. The van der Waals surface area contributed by atoms with Gasteiger partial charge >= 0.3 is 0 Å². The zero-order valence-electron chi connectivity index (χ0n) is 7.74. The highest BCUT2D eigenvalue weighted by Gasteiger charge is 2.15. The molecule has 2 aromatic rings. The fourth-order valence-corrected chi connectivity index (χ4v) is 1.34. The van der Waals surface area contributed by atoms with Crippen LogP contribution in [0.2, 0.25) is 0 Å². The van der Waals surface area contributed by atoms with E-state index in [0.717, 1.165) is 5.69 Å². The van der Waals surface area contributed by atoms with Gasteiger partial charge in [0.1, 0.15) is 0 Å². The van der Waals surface area contributed by atoms with Gasteiger partial charge in [-0.3, -0.25) is 0 Å². The number of aryl methyl sites for hydroxylation is 2. The molecular formula is C7H9N5OS. The third-order valence-corrected chi connectivity index (χ3v) is 2.10. The van der Waals surface area contributed by atoms with Crippen LogP contribution < -0.4 is 5.84 Å². The molecular weight excluding hydrogens is 202 g/mol. The molecule has 2 rings (SSSR count). The van der Waals surface area contributed by atoms with E-state index in [4.69, 9.17) is 22.5 Å². The van der Waals surface area contributed by atoms with Crippen LogP contribution in [0.25, 0.3) is 11.6 Å². The Bertz CT molecular complexity index is 522. The van der Waals surface area contributed by atoms with Crippen molar-refractivity contribution < 1.29 is 4.42 Å². The molecule has 74 valence electrons. The first-order valence-corrected chi connectivity index (χ1v) is 4.37. The molecule has 0 saturated heterocycles. The Hall–Kier alpha value is -1.63. The summed E-state index contributed by atoms with van der Waals surface area (Å²) >= 11 is 4.88. The summed E-state index contributed by atoms with van der Waals surface area (Å²) in [6.45, 7) is 3.59. The first kappa shape index (κ1) is 8.95. The summed E-state index contributed by atoms with van der Waals surface area (Å²) in [6, 6.07) is 0. The Balaban J connectivity index is 2.65. The molecule has 0 unspecified atom stereocenters. The molecule has 0 aliphatic heterocycles. The quantitative estimate of drug-likeness (QED) is 0.541. The van der Waals surface area contributed by atoms with Gasteiger partial charge < -0.3 is 10.3 Å². The van der Waals surface area contributed by atoms with Crippen LogP contribution in [0.15, 0.2) is 4.42 Å². The molecule has 3 N–H and O–H groups in total. The van der Waals surface area contributed by atoms with E-state index >= 15 is 0 Å². The molecule has 14 heavy (non-hydrogen) atoms. The van der Waals surface area contributed by atoms with Gasteiger partial charge in [0, 0.05) is 6.92 Å². The molecule has 0 atom stereocenters. The molecule has 0 saturated carbocycles. The summed E-state index contributed by atoms with van der Waals surface area (Å²) in [6.07, 6.45) is 0. The number of nitrogens with zero attached hydrogens (tertiary/aromatic N) is 3. The molecule has 0 amide bonds. The van der Waals surface area contributed by atoms with Gasteiger partial charge in [0.05, 0.1) is 5.69 Å². The highest BCUT2D eigenvalue weighted by Crippen LogP contribution is 2.20. The van der Waals surface area contributed by atoms with Crippen molar-refractivity contribution in [2.45, 2.75) is 13.8 Å². The summed E-state index contributed by atoms with van der Waals surface area (Å²) < 4.78 is 6.95. The van der Waals surface area contributed by atoms with E-state index in [1.54, 1.807) is 6.92 Å². The third kappa shape index (κ3) is 1.22. The van der Waals surface area contributed by atoms with Crippen molar-refractivity contribution in [3.05, 3.63) is 16.4 Å². The fraction of sp³-hybridized carbons (Fsp3) is 0.286. The zero-order chi connectivity index (χ0) is 10.3.